The van der Waals surface area contributed by atoms with Crippen molar-refractivity contribution in [2.24, 2.45) is 5.73 Å². The Morgan fingerprint density at radius 2 is 2.21 bits per heavy atom. The molecule has 0 fully saturated rings. The highest BCUT2D eigenvalue weighted by Gasteiger charge is 1.99. The van der Waals surface area contributed by atoms with Crippen LogP contribution in [0.5, 0.6) is 0 Å². The number of hydrogen-bond acceptors (Lipinski definition) is 2. The molecule has 0 atom stereocenters. The van der Waals surface area contributed by atoms with Gasteiger partial charge in [-0.05, 0) is 5.56 Å². The lowest BCUT2D eigenvalue weighted by Gasteiger charge is -2.02. The lowest BCUT2D eigenvalue weighted by Crippen LogP contribution is -2.12. The second-order valence-corrected chi connectivity index (χ2v) is 2.77. The Hall–Kier alpha value is -2.08. The maximum Gasteiger partial charge on any atom is 0.123 e. The molecular weight excluding hydrogens is 174 g/mol. The number of rotatable bonds is 3. The molecule has 0 aliphatic rings. The van der Waals surface area contributed by atoms with E-state index < -0.39 is 0 Å². The van der Waals surface area contributed by atoms with Gasteiger partial charge in [0.05, 0.1) is 12.5 Å². The molecule has 1 aromatic carbocycles. The van der Waals surface area contributed by atoms with Crippen molar-refractivity contribution in [3.8, 4) is 6.07 Å². The zero-order valence-corrected chi connectivity index (χ0v) is 7.70. The monoisotopic (exact) mass is 185 g/mol. The second kappa shape index (κ2) is 4.83. The molecule has 3 nitrogen and oxygen atoms in total. The number of nitrogens with one attached hydrogen (secondary N) is 1. The van der Waals surface area contributed by atoms with E-state index in [2.05, 4.69) is 0 Å². The number of nitriles is 1. The van der Waals surface area contributed by atoms with Crippen LogP contribution in [0.25, 0.3) is 6.08 Å². The maximum absolute atomic E-state index is 8.35. The molecule has 1 rings (SSSR count). The fraction of sp³-hybridized carbons (Fsp3) is 0.0909. The largest absolute Gasteiger partial charge is 0.384 e. The van der Waals surface area contributed by atoms with Crippen molar-refractivity contribution < 1.29 is 0 Å². The first-order valence-electron chi connectivity index (χ1n) is 4.22. The number of allylic oxidation sites excluding steroid dienone is 1. The standard InChI is InChI=1S/C11H11N3/c12-8-4-3-6-9-5-1-2-7-10(9)11(13)14/h1-3,5-7H,4H2,(H3,13,14). The number of nitrogens with two attached hydrogens (primary N) is 1. The van der Waals surface area contributed by atoms with Gasteiger partial charge in [-0.3, -0.25) is 5.41 Å². The molecule has 0 radical (unpaired) electrons. The van der Waals surface area contributed by atoms with Crippen LogP contribution in [0, 0.1) is 16.7 Å². The van der Waals surface area contributed by atoms with Gasteiger partial charge in [0.25, 0.3) is 0 Å². The molecule has 3 heteroatoms. The molecule has 3 N–H and O–H groups in total. The summed E-state index contributed by atoms with van der Waals surface area (Å²) >= 11 is 0. The predicted octanol–water partition coefficient (Wildman–Crippen LogP) is 1.90. The van der Waals surface area contributed by atoms with Crippen LogP contribution < -0.4 is 5.73 Å². The summed E-state index contributed by atoms with van der Waals surface area (Å²) in [5.74, 6) is 0.0437. The third kappa shape index (κ3) is 2.46. The summed E-state index contributed by atoms with van der Waals surface area (Å²) in [6, 6.07) is 9.37. The summed E-state index contributed by atoms with van der Waals surface area (Å²) in [6.45, 7) is 0. The molecule has 0 unspecified atom stereocenters. The predicted molar refractivity (Wildman–Crippen MR) is 56.7 cm³/mol. The SMILES string of the molecule is N#CCC=Cc1ccccc1C(=N)N. The molecule has 70 valence electrons. The minimum atomic E-state index is 0.0437. The van der Waals surface area contributed by atoms with Gasteiger partial charge in [0.1, 0.15) is 5.84 Å². The fourth-order valence-electron chi connectivity index (χ4n) is 1.13. The molecular formula is C11H11N3. The molecule has 1 aromatic rings. The van der Waals surface area contributed by atoms with Crippen LogP contribution in [-0.4, -0.2) is 5.84 Å². The number of nitrogen functional groups attached to an aromatic ring is 1. The minimum absolute atomic E-state index is 0.0437. The molecule has 0 aliphatic carbocycles. The maximum atomic E-state index is 8.35. The molecule has 0 aromatic heterocycles. The van der Waals surface area contributed by atoms with Gasteiger partial charge in [-0.1, -0.05) is 36.4 Å². The molecule has 0 bridgehead atoms. The summed E-state index contributed by atoms with van der Waals surface area (Å²) in [7, 11) is 0. The number of nitrogens with zero attached hydrogens (tertiary/aromatic N) is 1. The van der Waals surface area contributed by atoms with E-state index in [-0.39, 0.29) is 5.84 Å². The highest BCUT2D eigenvalue weighted by molar-refractivity contribution is 5.98. The molecule has 0 heterocycles. The first kappa shape index (κ1) is 10.0. The van der Waals surface area contributed by atoms with Crippen molar-refractivity contribution in [3.63, 3.8) is 0 Å². The van der Waals surface area contributed by atoms with Crippen molar-refractivity contribution in [1.29, 1.82) is 10.7 Å². The number of hydrogen-bond donors (Lipinski definition) is 2. The Morgan fingerprint density at radius 3 is 2.86 bits per heavy atom. The molecule has 14 heavy (non-hydrogen) atoms. The average molecular weight is 185 g/mol. The normalized spacial score (nSPS) is 9.93. The zero-order valence-electron chi connectivity index (χ0n) is 7.70. The number of amidine groups is 1. The summed E-state index contributed by atoms with van der Waals surface area (Å²) in [5.41, 5.74) is 6.97. The van der Waals surface area contributed by atoms with E-state index in [0.717, 1.165) is 5.56 Å². The van der Waals surface area contributed by atoms with Gasteiger partial charge in [-0.15, -0.1) is 0 Å². The average Bonchev–Trinajstić information content (AvgIpc) is 2.19. The van der Waals surface area contributed by atoms with Crippen molar-refractivity contribution in [2.45, 2.75) is 6.42 Å². The van der Waals surface area contributed by atoms with Gasteiger partial charge in [0, 0.05) is 5.56 Å². The molecule has 0 amide bonds. The molecule has 0 spiro atoms. The van der Waals surface area contributed by atoms with E-state index in [4.69, 9.17) is 16.4 Å². The minimum Gasteiger partial charge on any atom is -0.384 e. The van der Waals surface area contributed by atoms with Crippen molar-refractivity contribution >= 4 is 11.9 Å². The van der Waals surface area contributed by atoms with Gasteiger partial charge in [-0.25, -0.2) is 0 Å². The van der Waals surface area contributed by atoms with Gasteiger partial charge in [0.15, 0.2) is 0 Å². The second-order valence-electron chi connectivity index (χ2n) is 2.77. The van der Waals surface area contributed by atoms with Crippen molar-refractivity contribution in [2.75, 3.05) is 0 Å². The van der Waals surface area contributed by atoms with E-state index in [9.17, 15) is 0 Å². The molecule has 0 saturated heterocycles. The van der Waals surface area contributed by atoms with E-state index in [1.54, 1.807) is 18.2 Å². The van der Waals surface area contributed by atoms with Gasteiger partial charge >= 0.3 is 0 Å². The smallest absolute Gasteiger partial charge is 0.123 e. The third-order valence-electron chi connectivity index (χ3n) is 1.76. The van der Waals surface area contributed by atoms with Crippen LogP contribution in [0.3, 0.4) is 0 Å². The summed E-state index contributed by atoms with van der Waals surface area (Å²) < 4.78 is 0. The molecule has 0 aliphatic heterocycles. The highest BCUT2D eigenvalue weighted by atomic mass is 14.7. The Morgan fingerprint density at radius 1 is 1.50 bits per heavy atom. The van der Waals surface area contributed by atoms with Gasteiger partial charge in [-0.2, -0.15) is 5.26 Å². The van der Waals surface area contributed by atoms with Gasteiger partial charge in [0.2, 0.25) is 0 Å². The van der Waals surface area contributed by atoms with Crippen molar-refractivity contribution in [3.05, 3.63) is 41.5 Å². The molecule has 0 saturated carbocycles. The van der Waals surface area contributed by atoms with E-state index >= 15 is 0 Å². The van der Waals surface area contributed by atoms with Crippen molar-refractivity contribution in [1.82, 2.24) is 0 Å². The Bertz CT molecular complexity index is 399. The van der Waals surface area contributed by atoms with Crippen LogP contribution in [0.4, 0.5) is 0 Å². The Balaban J connectivity index is 2.97. The zero-order chi connectivity index (χ0) is 10.4. The van der Waals surface area contributed by atoms with Crippen LogP contribution in [-0.2, 0) is 0 Å². The van der Waals surface area contributed by atoms with E-state index in [1.165, 1.54) is 0 Å². The quantitative estimate of drug-likeness (QED) is 0.557. The van der Waals surface area contributed by atoms with Crippen LogP contribution in [0.2, 0.25) is 0 Å². The third-order valence-corrected chi connectivity index (χ3v) is 1.76. The highest BCUT2D eigenvalue weighted by Crippen LogP contribution is 2.09. The van der Waals surface area contributed by atoms with Crippen LogP contribution in [0.15, 0.2) is 30.3 Å². The Labute approximate surface area is 83.0 Å². The van der Waals surface area contributed by atoms with E-state index in [0.29, 0.717) is 12.0 Å². The number of benzene rings is 1. The van der Waals surface area contributed by atoms with E-state index in [1.807, 2.05) is 24.3 Å². The lowest BCUT2D eigenvalue weighted by molar-refractivity contribution is 1.36. The van der Waals surface area contributed by atoms with Gasteiger partial charge < -0.3 is 5.73 Å². The summed E-state index contributed by atoms with van der Waals surface area (Å²) in [6.07, 6.45) is 3.92. The summed E-state index contributed by atoms with van der Waals surface area (Å²) in [5, 5.41) is 15.7. The fourth-order valence-corrected chi connectivity index (χ4v) is 1.13. The summed E-state index contributed by atoms with van der Waals surface area (Å²) in [4.78, 5) is 0. The first-order valence-corrected chi connectivity index (χ1v) is 4.22. The Kier molecular flexibility index (Phi) is 3.45. The topological polar surface area (TPSA) is 73.7 Å². The lowest BCUT2D eigenvalue weighted by atomic mass is 10.1. The first-order chi connectivity index (χ1) is 6.75. The van der Waals surface area contributed by atoms with Crippen LogP contribution in [0.1, 0.15) is 17.5 Å². The van der Waals surface area contributed by atoms with Crippen LogP contribution >= 0.6 is 0 Å².